The van der Waals surface area contributed by atoms with Crippen molar-refractivity contribution in [2.24, 2.45) is 21.7 Å². The lowest BCUT2D eigenvalue weighted by Gasteiger charge is -2.17. The van der Waals surface area contributed by atoms with Crippen molar-refractivity contribution in [3.63, 3.8) is 0 Å². The molecule has 0 aliphatic heterocycles. The third-order valence-corrected chi connectivity index (χ3v) is 5.67. The maximum Gasteiger partial charge on any atom is 0.303 e. The molecule has 11 heteroatoms. The van der Waals surface area contributed by atoms with Crippen LogP contribution in [-0.4, -0.2) is 47.3 Å². The third kappa shape index (κ3) is 11.4. The van der Waals surface area contributed by atoms with Crippen LogP contribution in [0.25, 0.3) is 0 Å². The smallest absolute Gasteiger partial charge is 0.303 e. The minimum atomic E-state index is -1.05. The zero-order valence-electron chi connectivity index (χ0n) is 21.6. The average Bonchev–Trinajstić information content (AvgIpc) is 2.88. The molecule has 0 fully saturated rings. The first-order chi connectivity index (χ1) is 18.2. The number of carboxylic acid groups (broad SMARTS) is 1. The molecule has 2 rings (SSSR count). The topological polar surface area (TPSA) is 189 Å². The predicted octanol–water partition coefficient (Wildman–Crippen LogP) is 2.66. The Kier molecular flexibility index (Phi) is 12.7. The van der Waals surface area contributed by atoms with Crippen molar-refractivity contribution in [3.05, 3.63) is 59.7 Å². The Balaban J connectivity index is 1.97. The van der Waals surface area contributed by atoms with E-state index in [1.54, 1.807) is 42.5 Å². The molecular weight excluding hydrogens is 488 g/mol. The van der Waals surface area contributed by atoms with Gasteiger partial charge in [-0.25, -0.2) is 0 Å². The van der Waals surface area contributed by atoms with Crippen LogP contribution in [0, 0.1) is 0 Å². The Morgan fingerprint density at radius 3 is 2.18 bits per heavy atom. The molecular formula is C27H36N6O5. The number of unbranched alkanes of at least 4 members (excludes halogenated alkanes) is 1. The number of hydrogen-bond acceptors (Lipinski definition) is 8. The monoisotopic (exact) mass is 524 g/mol. The third-order valence-electron chi connectivity index (χ3n) is 5.67. The Labute approximate surface area is 222 Å². The SMILES string of the molecule is CC(=O)N[C@@H](CCC(=O)O)C(=O)NCc1cccc(N=Nc2cccc(CC(=O)[C@@H](N)CCCCN)c2)c1. The van der Waals surface area contributed by atoms with E-state index in [-0.39, 0.29) is 31.6 Å². The number of nitrogens with two attached hydrogens (primary N) is 2. The van der Waals surface area contributed by atoms with Crippen molar-refractivity contribution < 1.29 is 24.3 Å². The van der Waals surface area contributed by atoms with Gasteiger partial charge in [-0.15, -0.1) is 0 Å². The molecule has 38 heavy (non-hydrogen) atoms. The molecule has 0 unspecified atom stereocenters. The summed E-state index contributed by atoms with van der Waals surface area (Å²) in [5.41, 5.74) is 14.2. The number of carbonyl (C=O) groups excluding carboxylic acids is 3. The number of nitrogens with one attached hydrogen (secondary N) is 2. The summed E-state index contributed by atoms with van der Waals surface area (Å²) in [5.74, 6) is -1.98. The van der Waals surface area contributed by atoms with Gasteiger partial charge in [0.1, 0.15) is 6.04 Å². The van der Waals surface area contributed by atoms with Crippen LogP contribution in [0.1, 0.15) is 50.2 Å². The van der Waals surface area contributed by atoms with E-state index in [0.29, 0.717) is 24.3 Å². The predicted molar refractivity (Wildman–Crippen MR) is 143 cm³/mol. The number of hydrogen-bond donors (Lipinski definition) is 5. The Bertz CT molecular complexity index is 1140. The van der Waals surface area contributed by atoms with Crippen molar-refractivity contribution in [1.82, 2.24) is 10.6 Å². The fourth-order valence-corrected chi connectivity index (χ4v) is 3.67. The number of carboxylic acids is 1. The Morgan fingerprint density at radius 2 is 1.58 bits per heavy atom. The fourth-order valence-electron chi connectivity index (χ4n) is 3.67. The highest BCUT2D eigenvalue weighted by atomic mass is 16.4. The molecule has 0 aliphatic carbocycles. The molecule has 11 nitrogen and oxygen atoms in total. The first-order valence-electron chi connectivity index (χ1n) is 12.5. The van der Waals surface area contributed by atoms with Crippen LogP contribution in [-0.2, 0) is 32.1 Å². The van der Waals surface area contributed by atoms with Gasteiger partial charge < -0.3 is 27.2 Å². The summed E-state index contributed by atoms with van der Waals surface area (Å²) in [6.45, 7) is 2.01. The second-order valence-electron chi connectivity index (χ2n) is 8.98. The molecule has 0 saturated carbocycles. The molecule has 0 aromatic heterocycles. The summed E-state index contributed by atoms with van der Waals surface area (Å²) in [6, 6.07) is 12.8. The van der Waals surface area contributed by atoms with Crippen LogP contribution >= 0.6 is 0 Å². The summed E-state index contributed by atoms with van der Waals surface area (Å²) in [4.78, 5) is 47.1. The summed E-state index contributed by atoms with van der Waals surface area (Å²) >= 11 is 0. The fraction of sp³-hybridized carbons (Fsp3) is 0.407. The van der Waals surface area contributed by atoms with E-state index in [1.807, 2.05) is 6.07 Å². The lowest BCUT2D eigenvalue weighted by atomic mass is 10.00. The van der Waals surface area contributed by atoms with Crippen LogP contribution in [0.2, 0.25) is 0 Å². The van der Waals surface area contributed by atoms with Crippen molar-refractivity contribution in [2.45, 2.75) is 64.1 Å². The molecule has 2 amide bonds. The van der Waals surface area contributed by atoms with Crippen LogP contribution in [0.3, 0.4) is 0 Å². The van der Waals surface area contributed by atoms with Crippen molar-refractivity contribution in [2.75, 3.05) is 6.54 Å². The van der Waals surface area contributed by atoms with Gasteiger partial charge in [-0.2, -0.15) is 10.2 Å². The largest absolute Gasteiger partial charge is 0.481 e. The summed E-state index contributed by atoms with van der Waals surface area (Å²) < 4.78 is 0. The number of benzene rings is 2. The molecule has 0 bridgehead atoms. The van der Waals surface area contributed by atoms with Crippen LogP contribution in [0.15, 0.2) is 58.8 Å². The molecule has 7 N–H and O–H groups in total. The number of carbonyl (C=O) groups is 4. The van der Waals surface area contributed by atoms with E-state index in [1.165, 1.54) is 6.92 Å². The van der Waals surface area contributed by atoms with Crippen LogP contribution < -0.4 is 22.1 Å². The number of ketones is 1. The van der Waals surface area contributed by atoms with E-state index >= 15 is 0 Å². The van der Waals surface area contributed by atoms with Gasteiger partial charge in [0, 0.05) is 26.3 Å². The molecule has 2 atom stereocenters. The molecule has 0 heterocycles. The van der Waals surface area contributed by atoms with Gasteiger partial charge in [0.15, 0.2) is 5.78 Å². The minimum absolute atomic E-state index is 0.0140. The molecule has 0 aliphatic rings. The quantitative estimate of drug-likeness (QED) is 0.165. The number of amides is 2. The molecule has 0 radical (unpaired) electrons. The molecule has 2 aromatic carbocycles. The second-order valence-corrected chi connectivity index (χ2v) is 8.98. The van der Waals surface area contributed by atoms with Gasteiger partial charge in [0.25, 0.3) is 0 Å². The van der Waals surface area contributed by atoms with Crippen LogP contribution in [0.5, 0.6) is 0 Å². The van der Waals surface area contributed by atoms with E-state index in [0.717, 1.165) is 24.0 Å². The number of nitrogens with zero attached hydrogens (tertiary/aromatic N) is 2. The van der Waals surface area contributed by atoms with E-state index in [2.05, 4.69) is 20.9 Å². The van der Waals surface area contributed by atoms with Gasteiger partial charge in [0.2, 0.25) is 11.8 Å². The van der Waals surface area contributed by atoms with Crippen LogP contribution in [0.4, 0.5) is 11.4 Å². The van der Waals surface area contributed by atoms with Gasteiger partial charge in [0.05, 0.1) is 17.4 Å². The molecule has 0 saturated heterocycles. The van der Waals surface area contributed by atoms with E-state index in [4.69, 9.17) is 16.6 Å². The highest BCUT2D eigenvalue weighted by molar-refractivity contribution is 5.87. The van der Waals surface area contributed by atoms with Gasteiger partial charge in [-0.3, -0.25) is 19.2 Å². The number of rotatable bonds is 16. The van der Waals surface area contributed by atoms with Gasteiger partial charge in [-0.05, 0) is 61.2 Å². The first kappa shape index (κ1) is 30.3. The summed E-state index contributed by atoms with van der Waals surface area (Å²) in [5, 5.41) is 22.6. The summed E-state index contributed by atoms with van der Waals surface area (Å²) in [7, 11) is 0. The normalized spacial score (nSPS) is 12.6. The Hall–Kier alpha value is -3.96. The zero-order valence-corrected chi connectivity index (χ0v) is 21.6. The zero-order chi connectivity index (χ0) is 27.9. The lowest BCUT2D eigenvalue weighted by Crippen LogP contribution is -2.46. The van der Waals surface area contributed by atoms with Crippen molar-refractivity contribution in [3.8, 4) is 0 Å². The van der Waals surface area contributed by atoms with Gasteiger partial charge >= 0.3 is 5.97 Å². The standard InChI is InChI=1S/C27H36N6O5/c1-18(34)31-24(11-12-26(36)37)27(38)30-17-20-7-5-9-22(15-20)33-32-21-8-4-6-19(14-21)16-25(35)23(29)10-2-3-13-28/h4-9,14-15,23-24H,2-3,10-13,16-17,28-29H2,1H3,(H,30,38)(H,31,34)(H,36,37)/t23-,24-/m0/s1. The van der Waals surface area contributed by atoms with Crippen molar-refractivity contribution >= 4 is 34.9 Å². The maximum absolute atomic E-state index is 12.5. The average molecular weight is 525 g/mol. The highest BCUT2D eigenvalue weighted by Gasteiger charge is 2.20. The molecule has 2 aromatic rings. The lowest BCUT2D eigenvalue weighted by molar-refractivity contribution is -0.137. The number of aliphatic carboxylic acids is 1. The molecule has 204 valence electrons. The van der Waals surface area contributed by atoms with Crippen molar-refractivity contribution in [1.29, 1.82) is 0 Å². The van der Waals surface area contributed by atoms with E-state index < -0.39 is 29.9 Å². The first-order valence-corrected chi connectivity index (χ1v) is 12.5. The number of azo groups is 1. The summed E-state index contributed by atoms with van der Waals surface area (Å²) in [6.07, 6.45) is 2.23. The maximum atomic E-state index is 12.5. The molecule has 0 spiro atoms. The Morgan fingerprint density at radius 1 is 0.947 bits per heavy atom. The number of Topliss-reactive ketones (excluding diaryl/α,β-unsaturated/α-hetero) is 1. The minimum Gasteiger partial charge on any atom is -0.481 e. The van der Waals surface area contributed by atoms with Gasteiger partial charge in [-0.1, -0.05) is 30.7 Å². The highest BCUT2D eigenvalue weighted by Crippen LogP contribution is 2.21. The second kappa shape index (κ2) is 16.0. The van der Waals surface area contributed by atoms with E-state index in [9.17, 15) is 19.2 Å².